The first kappa shape index (κ1) is 9.65. The topological polar surface area (TPSA) is 35.0 Å². The largest absolute Gasteiger partial charge is 0.496 e. The maximum atomic E-state index is 5.27. The molecule has 3 heteroatoms. The fourth-order valence-electron chi connectivity index (χ4n) is 1.47. The van der Waals surface area contributed by atoms with Gasteiger partial charge in [-0.3, -0.25) is 0 Å². The molecule has 0 aliphatic heterocycles. The van der Waals surface area contributed by atoms with Gasteiger partial charge in [0, 0.05) is 23.9 Å². The quantitative estimate of drug-likeness (QED) is 0.760. The molecular weight excluding hydrogens is 188 g/mol. The molecule has 3 nitrogen and oxygen atoms in total. The Morgan fingerprint density at radius 1 is 1.20 bits per heavy atom. The first-order valence-corrected chi connectivity index (χ1v) is 4.77. The number of benzene rings is 1. The maximum absolute atomic E-state index is 5.27. The van der Waals surface area contributed by atoms with E-state index in [4.69, 9.17) is 4.74 Å². The lowest BCUT2D eigenvalue weighted by molar-refractivity contribution is 0.410. The van der Waals surface area contributed by atoms with Crippen molar-refractivity contribution in [1.29, 1.82) is 0 Å². The summed E-state index contributed by atoms with van der Waals surface area (Å²) < 4.78 is 5.27. The van der Waals surface area contributed by atoms with Gasteiger partial charge < -0.3 is 4.74 Å². The number of nitrogens with zero attached hydrogens (tertiary/aromatic N) is 2. The summed E-state index contributed by atoms with van der Waals surface area (Å²) in [5, 5.41) is 0. The number of aromatic nitrogens is 2. The highest BCUT2D eigenvalue weighted by Gasteiger charge is 2.02. The van der Waals surface area contributed by atoms with Crippen LogP contribution in [0.3, 0.4) is 0 Å². The lowest BCUT2D eigenvalue weighted by Crippen LogP contribution is -1.95. The van der Waals surface area contributed by atoms with Gasteiger partial charge in [-0.05, 0) is 12.1 Å². The second-order valence-electron chi connectivity index (χ2n) is 3.19. The Labute approximate surface area is 88.8 Å². The van der Waals surface area contributed by atoms with E-state index < -0.39 is 0 Å². The molecule has 0 fully saturated rings. The molecule has 1 aromatic carbocycles. The molecule has 0 saturated carbocycles. The number of hydrogen-bond donors (Lipinski definition) is 0. The van der Waals surface area contributed by atoms with E-state index in [2.05, 4.69) is 9.97 Å². The van der Waals surface area contributed by atoms with Crippen LogP contribution in [0.2, 0.25) is 0 Å². The molecular formula is C12H12N2O. The summed E-state index contributed by atoms with van der Waals surface area (Å²) >= 11 is 0. The van der Waals surface area contributed by atoms with Crippen molar-refractivity contribution < 1.29 is 4.74 Å². The third-order valence-electron chi connectivity index (χ3n) is 2.21. The molecule has 0 unspecified atom stereocenters. The zero-order valence-electron chi connectivity index (χ0n) is 8.55. The van der Waals surface area contributed by atoms with E-state index >= 15 is 0 Å². The van der Waals surface area contributed by atoms with Crippen LogP contribution >= 0.6 is 0 Å². The summed E-state index contributed by atoms with van der Waals surface area (Å²) in [6, 6.07) is 9.87. The smallest absolute Gasteiger partial charge is 0.122 e. The summed E-state index contributed by atoms with van der Waals surface area (Å²) in [5.41, 5.74) is 2.13. The number of ether oxygens (including phenoxy) is 1. The van der Waals surface area contributed by atoms with Gasteiger partial charge in [-0.15, -0.1) is 0 Å². The zero-order valence-corrected chi connectivity index (χ0v) is 8.55. The fraction of sp³-hybridized carbons (Fsp3) is 0.167. The van der Waals surface area contributed by atoms with Gasteiger partial charge in [0.2, 0.25) is 0 Å². The number of rotatable bonds is 3. The minimum atomic E-state index is 0.770. The van der Waals surface area contributed by atoms with Crippen LogP contribution in [0.15, 0.2) is 42.9 Å². The molecule has 1 heterocycles. The van der Waals surface area contributed by atoms with E-state index in [1.165, 1.54) is 0 Å². The van der Waals surface area contributed by atoms with Gasteiger partial charge in [0.05, 0.1) is 7.11 Å². The lowest BCUT2D eigenvalue weighted by Gasteiger charge is -2.06. The average Bonchev–Trinajstić information content (AvgIpc) is 2.31. The van der Waals surface area contributed by atoms with E-state index in [-0.39, 0.29) is 0 Å². The van der Waals surface area contributed by atoms with Crippen molar-refractivity contribution in [3.8, 4) is 5.75 Å². The van der Waals surface area contributed by atoms with Crippen molar-refractivity contribution in [1.82, 2.24) is 9.97 Å². The standard InChI is InChI=1S/C12H12N2O/c1-15-12-5-3-2-4-10(12)8-11-6-7-13-9-14-11/h2-7,9H,8H2,1H3. The van der Waals surface area contributed by atoms with Crippen molar-refractivity contribution in [2.45, 2.75) is 6.42 Å². The van der Waals surface area contributed by atoms with E-state index in [9.17, 15) is 0 Å². The Bertz CT molecular complexity index is 429. The van der Waals surface area contributed by atoms with E-state index in [1.807, 2.05) is 30.3 Å². The Balaban J connectivity index is 2.24. The summed E-state index contributed by atoms with van der Waals surface area (Å²) in [6.45, 7) is 0. The fourth-order valence-corrected chi connectivity index (χ4v) is 1.47. The highest BCUT2D eigenvalue weighted by molar-refractivity contribution is 5.35. The normalized spacial score (nSPS) is 9.93. The molecule has 2 aromatic rings. The summed E-state index contributed by atoms with van der Waals surface area (Å²) in [7, 11) is 1.68. The van der Waals surface area contributed by atoms with Gasteiger partial charge in [0.15, 0.2) is 0 Å². The van der Waals surface area contributed by atoms with Crippen LogP contribution in [0.1, 0.15) is 11.3 Å². The van der Waals surface area contributed by atoms with Crippen molar-refractivity contribution in [3.63, 3.8) is 0 Å². The predicted molar refractivity (Wildman–Crippen MR) is 57.8 cm³/mol. The highest BCUT2D eigenvalue weighted by Crippen LogP contribution is 2.19. The van der Waals surface area contributed by atoms with Crippen LogP contribution in [-0.2, 0) is 6.42 Å². The molecule has 0 N–H and O–H groups in total. The van der Waals surface area contributed by atoms with Gasteiger partial charge in [-0.25, -0.2) is 9.97 Å². The summed E-state index contributed by atoms with van der Waals surface area (Å²) in [5.74, 6) is 0.899. The second kappa shape index (κ2) is 4.55. The maximum Gasteiger partial charge on any atom is 0.122 e. The molecule has 15 heavy (non-hydrogen) atoms. The van der Waals surface area contributed by atoms with Gasteiger partial charge in [0.1, 0.15) is 12.1 Å². The Hall–Kier alpha value is -1.90. The molecule has 1 aromatic heterocycles. The third-order valence-corrected chi connectivity index (χ3v) is 2.21. The summed E-state index contributed by atoms with van der Waals surface area (Å²) in [6.07, 6.45) is 4.08. The molecule has 0 atom stereocenters. The number of methoxy groups -OCH3 is 1. The first-order valence-electron chi connectivity index (χ1n) is 4.77. The molecule has 0 spiro atoms. The average molecular weight is 200 g/mol. The molecule has 2 rings (SSSR count). The van der Waals surface area contributed by atoms with Crippen LogP contribution in [0.4, 0.5) is 0 Å². The second-order valence-corrected chi connectivity index (χ2v) is 3.19. The van der Waals surface area contributed by atoms with E-state index in [0.29, 0.717) is 0 Å². The van der Waals surface area contributed by atoms with Crippen LogP contribution in [-0.4, -0.2) is 17.1 Å². The molecule has 0 radical (unpaired) electrons. The van der Waals surface area contributed by atoms with Gasteiger partial charge >= 0.3 is 0 Å². The van der Waals surface area contributed by atoms with Crippen molar-refractivity contribution in [3.05, 3.63) is 54.1 Å². The minimum absolute atomic E-state index is 0.770. The number of hydrogen-bond acceptors (Lipinski definition) is 3. The number of para-hydroxylation sites is 1. The van der Waals surface area contributed by atoms with Crippen molar-refractivity contribution >= 4 is 0 Å². The molecule has 76 valence electrons. The van der Waals surface area contributed by atoms with Crippen LogP contribution in [0.5, 0.6) is 5.75 Å². The van der Waals surface area contributed by atoms with Crippen molar-refractivity contribution in [2.75, 3.05) is 7.11 Å². The lowest BCUT2D eigenvalue weighted by atomic mass is 10.1. The highest BCUT2D eigenvalue weighted by atomic mass is 16.5. The van der Waals surface area contributed by atoms with Crippen LogP contribution < -0.4 is 4.74 Å². The Kier molecular flexibility index (Phi) is 2.93. The van der Waals surface area contributed by atoms with Crippen LogP contribution in [0.25, 0.3) is 0 Å². The van der Waals surface area contributed by atoms with Gasteiger partial charge in [0.25, 0.3) is 0 Å². The third kappa shape index (κ3) is 2.31. The first-order chi connectivity index (χ1) is 7.40. The minimum Gasteiger partial charge on any atom is -0.496 e. The molecule has 0 aliphatic rings. The predicted octanol–water partition coefficient (Wildman–Crippen LogP) is 2.08. The van der Waals surface area contributed by atoms with E-state index in [0.717, 1.165) is 23.4 Å². The van der Waals surface area contributed by atoms with Gasteiger partial charge in [-0.2, -0.15) is 0 Å². The summed E-state index contributed by atoms with van der Waals surface area (Å²) in [4.78, 5) is 8.07. The SMILES string of the molecule is COc1ccccc1Cc1ccncn1. The Morgan fingerprint density at radius 2 is 2.07 bits per heavy atom. The molecule has 0 aliphatic carbocycles. The van der Waals surface area contributed by atoms with E-state index in [1.54, 1.807) is 19.6 Å². The van der Waals surface area contributed by atoms with Crippen LogP contribution in [0, 0.1) is 0 Å². The Morgan fingerprint density at radius 3 is 2.80 bits per heavy atom. The monoisotopic (exact) mass is 200 g/mol. The molecule has 0 saturated heterocycles. The van der Waals surface area contributed by atoms with Gasteiger partial charge in [-0.1, -0.05) is 18.2 Å². The molecule has 0 bridgehead atoms. The molecule has 0 amide bonds. The zero-order chi connectivity index (χ0) is 10.5. The van der Waals surface area contributed by atoms with Crippen molar-refractivity contribution in [2.24, 2.45) is 0 Å².